The maximum atomic E-state index is 5.12. The molecular formula is C14H13NS2. The highest BCUT2D eigenvalue weighted by molar-refractivity contribution is 8.29. The number of hydrogen-bond acceptors (Lipinski definition) is 2. The van der Waals surface area contributed by atoms with Crippen LogP contribution in [0.25, 0.3) is 15.7 Å². The maximum absolute atomic E-state index is 5.12. The highest BCUT2D eigenvalue weighted by Crippen LogP contribution is 2.28. The van der Waals surface area contributed by atoms with E-state index < -0.39 is 0 Å². The van der Waals surface area contributed by atoms with E-state index in [9.17, 15) is 0 Å². The first kappa shape index (κ1) is 12.1. The number of nitrogens with one attached hydrogen (secondary N) is 1. The van der Waals surface area contributed by atoms with E-state index >= 15 is 0 Å². The van der Waals surface area contributed by atoms with Crippen LogP contribution in [0.3, 0.4) is 0 Å². The Labute approximate surface area is 111 Å². The van der Waals surface area contributed by atoms with Crippen molar-refractivity contribution in [2.75, 3.05) is 7.05 Å². The van der Waals surface area contributed by atoms with E-state index in [0.29, 0.717) is 0 Å². The van der Waals surface area contributed by atoms with Crippen LogP contribution in [0, 0.1) is 0 Å². The quantitative estimate of drug-likeness (QED) is 0.817. The van der Waals surface area contributed by atoms with Crippen LogP contribution in [0.5, 0.6) is 0 Å². The smallest absolute Gasteiger partial charge is 0.138 e. The fourth-order valence-corrected chi connectivity index (χ4v) is 2.46. The standard InChI is InChI=1S/C14H13NS2/c1-10(17-14(16)15-2)12-8-7-11-5-3-4-6-13(11)9-12/h3-9H,1H2,2H3,(H,15,16). The van der Waals surface area contributed by atoms with Crippen LogP contribution in [0.2, 0.25) is 0 Å². The summed E-state index contributed by atoms with van der Waals surface area (Å²) in [6, 6.07) is 14.6. The van der Waals surface area contributed by atoms with Crippen molar-refractivity contribution in [3.05, 3.63) is 54.6 Å². The Morgan fingerprint density at radius 3 is 2.59 bits per heavy atom. The first-order chi connectivity index (χ1) is 8.20. The number of benzene rings is 2. The topological polar surface area (TPSA) is 12.0 Å². The van der Waals surface area contributed by atoms with E-state index in [2.05, 4.69) is 42.2 Å². The Morgan fingerprint density at radius 2 is 1.88 bits per heavy atom. The van der Waals surface area contributed by atoms with E-state index in [1.807, 2.05) is 19.2 Å². The van der Waals surface area contributed by atoms with Crippen LogP contribution in [-0.4, -0.2) is 11.4 Å². The third-order valence-electron chi connectivity index (χ3n) is 2.49. The number of thiocarbonyl (C=S) groups is 1. The van der Waals surface area contributed by atoms with Gasteiger partial charge in [0.2, 0.25) is 0 Å². The van der Waals surface area contributed by atoms with Crippen molar-refractivity contribution in [1.82, 2.24) is 5.32 Å². The molecule has 0 fully saturated rings. The van der Waals surface area contributed by atoms with Crippen LogP contribution < -0.4 is 5.32 Å². The molecule has 17 heavy (non-hydrogen) atoms. The SMILES string of the molecule is C=C(SC(=S)NC)c1ccc2ccccc2c1. The first-order valence-electron chi connectivity index (χ1n) is 5.28. The minimum absolute atomic E-state index is 0.739. The third-order valence-corrected chi connectivity index (χ3v) is 3.82. The molecule has 2 rings (SSSR count). The van der Waals surface area contributed by atoms with Crippen LogP contribution in [0.15, 0.2) is 49.0 Å². The number of rotatable bonds is 2. The van der Waals surface area contributed by atoms with Gasteiger partial charge in [-0.1, -0.05) is 67.0 Å². The summed E-state index contributed by atoms with van der Waals surface area (Å²) in [4.78, 5) is 0.968. The molecule has 0 spiro atoms. The van der Waals surface area contributed by atoms with Gasteiger partial charge in [0, 0.05) is 12.0 Å². The fourth-order valence-electron chi connectivity index (χ4n) is 1.58. The van der Waals surface area contributed by atoms with Gasteiger partial charge in [-0.25, -0.2) is 0 Å². The molecule has 2 aromatic carbocycles. The van der Waals surface area contributed by atoms with Gasteiger partial charge in [-0.05, 0) is 22.4 Å². The van der Waals surface area contributed by atoms with Crippen molar-refractivity contribution < 1.29 is 0 Å². The largest absolute Gasteiger partial charge is 0.374 e. The number of fused-ring (bicyclic) bond motifs is 1. The molecule has 1 nitrogen and oxygen atoms in total. The lowest BCUT2D eigenvalue weighted by Crippen LogP contribution is -2.10. The highest BCUT2D eigenvalue weighted by atomic mass is 32.2. The molecular weight excluding hydrogens is 246 g/mol. The maximum Gasteiger partial charge on any atom is 0.138 e. The lowest BCUT2D eigenvalue weighted by atomic mass is 10.1. The van der Waals surface area contributed by atoms with E-state index in [4.69, 9.17) is 12.2 Å². The molecule has 0 amide bonds. The molecule has 0 aromatic heterocycles. The number of thioether (sulfide) groups is 1. The summed E-state index contributed by atoms with van der Waals surface area (Å²) in [5, 5.41) is 5.40. The normalized spacial score (nSPS) is 10.2. The first-order valence-corrected chi connectivity index (χ1v) is 6.51. The van der Waals surface area contributed by atoms with Crippen LogP contribution >= 0.6 is 24.0 Å². The Kier molecular flexibility index (Phi) is 3.82. The third kappa shape index (κ3) is 2.87. The molecule has 0 bridgehead atoms. The molecule has 0 aliphatic heterocycles. The molecule has 86 valence electrons. The van der Waals surface area contributed by atoms with E-state index in [-0.39, 0.29) is 0 Å². The Balaban J connectivity index is 2.30. The van der Waals surface area contributed by atoms with Gasteiger partial charge in [0.25, 0.3) is 0 Å². The van der Waals surface area contributed by atoms with E-state index in [1.165, 1.54) is 22.5 Å². The highest BCUT2D eigenvalue weighted by Gasteiger charge is 2.03. The zero-order chi connectivity index (χ0) is 12.3. The number of hydrogen-bond donors (Lipinski definition) is 1. The summed E-state index contributed by atoms with van der Waals surface area (Å²) in [7, 11) is 1.82. The van der Waals surface area contributed by atoms with Crippen molar-refractivity contribution >= 4 is 44.0 Å². The van der Waals surface area contributed by atoms with Crippen LogP contribution in [0.1, 0.15) is 5.56 Å². The summed E-state index contributed by atoms with van der Waals surface area (Å²) in [5.74, 6) is 0. The second-order valence-electron chi connectivity index (χ2n) is 3.62. The van der Waals surface area contributed by atoms with Crippen molar-refractivity contribution in [2.45, 2.75) is 0 Å². The van der Waals surface area contributed by atoms with Gasteiger partial charge in [0.15, 0.2) is 0 Å². The van der Waals surface area contributed by atoms with Gasteiger partial charge >= 0.3 is 0 Å². The van der Waals surface area contributed by atoms with Crippen molar-refractivity contribution in [3.8, 4) is 0 Å². The van der Waals surface area contributed by atoms with Gasteiger partial charge in [-0.2, -0.15) is 0 Å². The predicted molar refractivity (Wildman–Crippen MR) is 82.2 cm³/mol. The van der Waals surface area contributed by atoms with E-state index in [1.54, 1.807) is 0 Å². The van der Waals surface area contributed by atoms with Crippen molar-refractivity contribution in [3.63, 3.8) is 0 Å². The zero-order valence-electron chi connectivity index (χ0n) is 9.57. The molecule has 3 heteroatoms. The molecule has 0 radical (unpaired) electrons. The minimum Gasteiger partial charge on any atom is -0.374 e. The van der Waals surface area contributed by atoms with Gasteiger partial charge in [-0.3, -0.25) is 0 Å². The average molecular weight is 259 g/mol. The van der Waals surface area contributed by atoms with Gasteiger partial charge in [0.05, 0.1) is 0 Å². The molecule has 0 heterocycles. The lowest BCUT2D eigenvalue weighted by molar-refractivity contribution is 1.23. The molecule has 0 aliphatic carbocycles. The molecule has 0 unspecified atom stereocenters. The monoisotopic (exact) mass is 259 g/mol. The fraction of sp³-hybridized carbons (Fsp3) is 0.0714. The predicted octanol–water partition coefficient (Wildman–Crippen LogP) is 4.05. The molecule has 0 aliphatic rings. The van der Waals surface area contributed by atoms with Gasteiger partial charge < -0.3 is 5.32 Å². The van der Waals surface area contributed by atoms with Crippen molar-refractivity contribution in [1.29, 1.82) is 0 Å². The Bertz CT molecular complexity index is 575. The molecule has 0 saturated heterocycles. The molecule has 1 N–H and O–H groups in total. The van der Waals surface area contributed by atoms with E-state index in [0.717, 1.165) is 14.8 Å². The Hall–Kier alpha value is -1.32. The molecule has 2 aromatic rings. The lowest BCUT2D eigenvalue weighted by Gasteiger charge is -2.07. The van der Waals surface area contributed by atoms with Crippen molar-refractivity contribution in [2.24, 2.45) is 0 Å². The van der Waals surface area contributed by atoms with Gasteiger partial charge in [0.1, 0.15) is 4.32 Å². The summed E-state index contributed by atoms with van der Waals surface area (Å²) in [6.45, 7) is 4.06. The molecule has 0 saturated carbocycles. The summed E-state index contributed by atoms with van der Waals surface area (Å²) >= 11 is 6.61. The summed E-state index contributed by atoms with van der Waals surface area (Å²) < 4.78 is 0.739. The average Bonchev–Trinajstić information content (AvgIpc) is 2.38. The second-order valence-corrected chi connectivity index (χ2v) is 5.40. The zero-order valence-corrected chi connectivity index (χ0v) is 11.2. The summed E-state index contributed by atoms with van der Waals surface area (Å²) in [6.07, 6.45) is 0. The molecule has 0 atom stereocenters. The summed E-state index contributed by atoms with van der Waals surface area (Å²) in [5.41, 5.74) is 1.12. The minimum atomic E-state index is 0.739. The van der Waals surface area contributed by atoms with Crippen LogP contribution in [0.4, 0.5) is 0 Å². The van der Waals surface area contributed by atoms with Gasteiger partial charge in [-0.15, -0.1) is 0 Å². The van der Waals surface area contributed by atoms with Crippen LogP contribution in [-0.2, 0) is 0 Å². The second kappa shape index (κ2) is 5.34. The Morgan fingerprint density at radius 1 is 1.18 bits per heavy atom.